The third kappa shape index (κ3) is 3.24. The summed E-state index contributed by atoms with van der Waals surface area (Å²) in [6.45, 7) is 5.00. The van der Waals surface area contributed by atoms with Crippen LogP contribution in [0.4, 0.5) is 0 Å². The van der Waals surface area contributed by atoms with E-state index in [0.717, 1.165) is 52.2 Å². The van der Waals surface area contributed by atoms with Crippen molar-refractivity contribution in [2.24, 2.45) is 0 Å². The predicted molar refractivity (Wildman–Crippen MR) is 99.9 cm³/mol. The van der Waals surface area contributed by atoms with Crippen LogP contribution in [0.2, 0.25) is 0 Å². The lowest BCUT2D eigenvalue weighted by Crippen LogP contribution is -2.57. The number of carbonyl (C=O) groups is 1. The highest BCUT2D eigenvalue weighted by Gasteiger charge is 2.42. The number of rotatable bonds is 3. The highest BCUT2D eigenvalue weighted by molar-refractivity contribution is 5.93. The summed E-state index contributed by atoms with van der Waals surface area (Å²) in [4.78, 5) is 21.4. The van der Waals surface area contributed by atoms with E-state index in [-0.39, 0.29) is 11.4 Å². The number of ether oxygens (including phenoxy) is 1. The van der Waals surface area contributed by atoms with Crippen LogP contribution in [-0.2, 0) is 10.3 Å². The van der Waals surface area contributed by atoms with Crippen molar-refractivity contribution in [2.45, 2.75) is 18.4 Å². The Morgan fingerprint density at radius 1 is 0.962 bits per heavy atom. The first-order chi connectivity index (χ1) is 12.8. The number of morpholine rings is 1. The topological polar surface area (TPSA) is 45.7 Å². The molecule has 0 radical (unpaired) electrons. The monoisotopic (exact) mass is 351 g/mol. The molecule has 2 fully saturated rings. The maximum Gasteiger partial charge on any atom is 0.255 e. The average molecular weight is 351 g/mol. The SMILES string of the molecule is O=C(c1cccnc1)N1CCC(c2ccccc2)(N2CCOCC2)CC1. The zero-order valence-corrected chi connectivity index (χ0v) is 15.0. The Hall–Kier alpha value is -2.24. The molecule has 1 amide bonds. The molecule has 1 aromatic heterocycles. The van der Waals surface area contributed by atoms with E-state index < -0.39 is 0 Å². The van der Waals surface area contributed by atoms with Gasteiger partial charge in [-0.2, -0.15) is 0 Å². The van der Waals surface area contributed by atoms with Gasteiger partial charge in [0, 0.05) is 44.1 Å². The number of likely N-dealkylation sites (tertiary alicyclic amines) is 1. The first-order valence-corrected chi connectivity index (χ1v) is 9.37. The maximum atomic E-state index is 12.8. The second-order valence-electron chi connectivity index (χ2n) is 7.03. The molecule has 5 nitrogen and oxygen atoms in total. The van der Waals surface area contributed by atoms with Crippen molar-refractivity contribution in [3.63, 3.8) is 0 Å². The molecule has 136 valence electrons. The van der Waals surface area contributed by atoms with Crippen LogP contribution in [0.5, 0.6) is 0 Å². The number of hydrogen-bond acceptors (Lipinski definition) is 4. The fourth-order valence-corrected chi connectivity index (χ4v) is 4.28. The number of aromatic nitrogens is 1. The molecule has 3 heterocycles. The van der Waals surface area contributed by atoms with E-state index in [0.29, 0.717) is 5.56 Å². The molecule has 1 aromatic carbocycles. The van der Waals surface area contributed by atoms with E-state index in [4.69, 9.17) is 4.74 Å². The van der Waals surface area contributed by atoms with Gasteiger partial charge in [0.15, 0.2) is 0 Å². The largest absolute Gasteiger partial charge is 0.379 e. The molecule has 26 heavy (non-hydrogen) atoms. The van der Waals surface area contributed by atoms with Gasteiger partial charge in [0.05, 0.1) is 18.8 Å². The lowest BCUT2D eigenvalue weighted by Gasteiger charge is -2.50. The Bertz CT molecular complexity index is 721. The van der Waals surface area contributed by atoms with Crippen molar-refractivity contribution in [2.75, 3.05) is 39.4 Å². The summed E-state index contributed by atoms with van der Waals surface area (Å²) in [5.74, 6) is 0.0849. The minimum Gasteiger partial charge on any atom is -0.379 e. The number of hydrogen-bond donors (Lipinski definition) is 0. The molecular weight excluding hydrogens is 326 g/mol. The summed E-state index contributed by atoms with van der Waals surface area (Å²) in [5, 5.41) is 0. The highest BCUT2D eigenvalue weighted by Crippen LogP contribution is 2.39. The summed E-state index contributed by atoms with van der Waals surface area (Å²) in [6.07, 6.45) is 5.25. The molecule has 0 saturated carbocycles. The molecule has 2 aliphatic rings. The highest BCUT2D eigenvalue weighted by atomic mass is 16.5. The van der Waals surface area contributed by atoms with Crippen LogP contribution >= 0.6 is 0 Å². The van der Waals surface area contributed by atoms with Crippen molar-refractivity contribution in [3.8, 4) is 0 Å². The van der Waals surface area contributed by atoms with Gasteiger partial charge in [0.2, 0.25) is 0 Å². The molecule has 5 heteroatoms. The second-order valence-corrected chi connectivity index (χ2v) is 7.03. The van der Waals surface area contributed by atoms with E-state index in [1.165, 1.54) is 5.56 Å². The summed E-state index contributed by atoms with van der Waals surface area (Å²) in [7, 11) is 0. The van der Waals surface area contributed by atoms with Gasteiger partial charge in [-0.05, 0) is 30.5 Å². The molecule has 4 rings (SSSR count). The summed E-state index contributed by atoms with van der Waals surface area (Å²) in [5.41, 5.74) is 2.03. The standard InChI is InChI=1S/C21H25N3O2/c25-20(18-5-4-10-22-17-18)23-11-8-21(9-12-23,19-6-2-1-3-7-19)24-13-15-26-16-14-24/h1-7,10,17H,8-9,11-16H2. The third-order valence-electron chi connectivity index (χ3n) is 5.71. The predicted octanol–water partition coefficient (Wildman–Crippen LogP) is 2.55. The van der Waals surface area contributed by atoms with E-state index in [9.17, 15) is 4.79 Å². The van der Waals surface area contributed by atoms with Gasteiger partial charge in [0.1, 0.15) is 0 Å². The van der Waals surface area contributed by atoms with E-state index in [1.54, 1.807) is 12.4 Å². The number of nitrogens with zero attached hydrogens (tertiary/aromatic N) is 3. The Kier molecular flexibility index (Phi) is 5.00. The van der Waals surface area contributed by atoms with E-state index >= 15 is 0 Å². The van der Waals surface area contributed by atoms with Gasteiger partial charge < -0.3 is 9.64 Å². The minimum atomic E-state index is -0.00322. The molecule has 0 atom stereocenters. The van der Waals surface area contributed by atoms with E-state index in [2.05, 4.69) is 40.2 Å². The number of piperidine rings is 1. The fourth-order valence-electron chi connectivity index (χ4n) is 4.28. The second kappa shape index (κ2) is 7.56. The fraction of sp³-hybridized carbons (Fsp3) is 0.429. The zero-order valence-electron chi connectivity index (χ0n) is 15.0. The third-order valence-corrected chi connectivity index (χ3v) is 5.71. The number of pyridine rings is 1. The zero-order chi connectivity index (χ0) is 17.8. The van der Waals surface area contributed by atoms with Gasteiger partial charge in [0.25, 0.3) is 5.91 Å². The van der Waals surface area contributed by atoms with E-state index in [1.807, 2.05) is 17.0 Å². The molecule has 0 N–H and O–H groups in total. The van der Waals surface area contributed by atoms with Gasteiger partial charge in [-0.15, -0.1) is 0 Å². The van der Waals surface area contributed by atoms with Gasteiger partial charge in [-0.1, -0.05) is 30.3 Å². The Labute approximate surface area is 154 Å². The van der Waals surface area contributed by atoms with Crippen molar-refractivity contribution < 1.29 is 9.53 Å². The lowest BCUT2D eigenvalue weighted by atomic mass is 9.79. The van der Waals surface area contributed by atoms with Crippen LogP contribution in [0.25, 0.3) is 0 Å². The molecule has 2 saturated heterocycles. The molecule has 0 bridgehead atoms. The van der Waals surface area contributed by atoms with Crippen LogP contribution < -0.4 is 0 Å². The number of carbonyl (C=O) groups excluding carboxylic acids is 1. The van der Waals surface area contributed by atoms with Crippen LogP contribution in [0.3, 0.4) is 0 Å². The lowest BCUT2D eigenvalue weighted by molar-refractivity contribution is -0.0482. The average Bonchev–Trinajstić information content (AvgIpc) is 2.75. The van der Waals surface area contributed by atoms with Gasteiger partial charge >= 0.3 is 0 Å². The first kappa shape index (κ1) is 17.2. The summed E-state index contributed by atoms with van der Waals surface area (Å²) < 4.78 is 5.58. The van der Waals surface area contributed by atoms with Crippen molar-refractivity contribution in [3.05, 3.63) is 66.0 Å². The van der Waals surface area contributed by atoms with Crippen molar-refractivity contribution >= 4 is 5.91 Å². The van der Waals surface area contributed by atoms with Gasteiger partial charge in [-0.25, -0.2) is 0 Å². The summed E-state index contributed by atoms with van der Waals surface area (Å²) in [6, 6.07) is 14.4. The molecule has 2 aromatic rings. The molecule has 0 spiro atoms. The Morgan fingerprint density at radius 3 is 2.35 bits per heavy atom. The van der Waals surface area contributed by atoms with Crippen molar-refractivity contribution in [1.82, 2.24) is 14.8 Å². The Balaban J connectivity index is 1.55. The van der Waals surface area contributed by atoms with Crippen LogP contribution in [0, 0.1) is 0 Å². The normalized spacial score (nSPS) is 20.7. The molecule has 0 aliphatic carbocycles. The van der Waals surface area contributed by atoms with Crippen LogP contribution in [0.15, 0.2) is 54.9 Å². The number of amides is 1. The molecule has 0 unspecified atom stereocenters. The summed E-state index contributed by atoms with van der Waals surface area (Å²) >= 11 is 0. The van der Waals surface area contributed by atoms with Crippen LogP contribution in [0.1, 0.15) is 28.8 Å². The van der Waals surface area contributed by atoms with Crippen LogP contribution in [-0.4, -0.2) is 60.1 Å². The van der Waals surface area contributed by atoms with Gasteiger partial charge in [-0.3, -0.25) is 14.7 Å². The number of benzene rings is 1. The maximum absolute atomic E-state index is 12.8. The quantitative estimate of drug-likeness (QED) is 0.853. The Morgan fingerprint density at radius 2 is 1.69 bits per heavy atom. The molecular formula is C21H25N3O2. The smallest absolute Gasteiger partial charge is 0.255 e. The molecule has 2 aliphatic heterocycles. The first-order valence-electron chi connectivity index (χ1n) is 9.37. The van der Waals surface area contributed by atoms with Crippen molar-refractivity contribution in [1.29, 1.82) is 0 Å². The minimum absolute atomic E-state index is 0.00322.